The van der Waals surface area contributed by atoms with Crippen LogP contribution in [0.3, 0.4) is 0 Å². The number of carbonyl (C=O) groups is 1. The largest absolute Gasteiger partial charge is 0.484 e. The molecule has 0 bridgehead atoms. The summed E-state index contributed by atoms with van der Waals surface area (Å²) in [4.78, 5) is 12.2. The summed E-state index contributed by atoms with van der Waals surface area (Å²) in [5.41, 5.74) is 1.99. The molecule has 9 heteroatoms. The summed E-state index contributed by atoms with van der Waals surface area (Å²) in [5, 5.41) is 2.70. The molecule has 4 rings (SSSR count). The zero-order valence-electron chi connectivity index (χ0n) is 16.6. The van der Waals surface area contributed by atoms with Gasteiger partial charge in [0.1, 0.15) is 5.75 Å². The molecule has 0 unspecified atom stereocenters. The quantitative estimate of drug-likeness (QED) is 0.583. The molecular weight excluding hydrogens is 420 g/mol. The molecule has 0 saturated heterocycles. The van der Waals surface area contributed by atoms with Crippen LogP contribution in [0.25, 0.3) is 0 Å². The van der Waals surface area contributed by atoms with Crippen LogP contribution in [0.2, 0.25) is 0 Å². The summed E-state index contributed by atoms with van der Waals surface area (Å²) >= 11 is 0. The van der Waals surface area contributed by atoms with E-state index in [0.29, 0.717) is 28.6 Å². The molecule has 0 spiro atoms. The van der Waals surface area contributed by atoms with E-state index in [-0.39, 0.29) is 24.2 Å². The number of hydrogen-bond donors (Lipinski definition) is 2. The maximum absolute atomic E-state index is 12.5. The average molecular weight is 440 g/mol. The third kappa shape index (κ3) is 5.07. The van der Waals surface area contributed by atoms with Crippen LogP contribution in [0.15, 0.2) is 71.6 Å². The normalized spacial score (nSPS) is 12.3. The molecule has 2 N–H and O–H groups in total. The number of aryl methyl sites for hydroxylation is 1. The molecule has 1 amide bonds. The molecule has 1 aliphatic heterocycles. The third-order valence-electron chi connectivity index (χ3n) is 4.43. The SMILES string of the molecule is Cc1cccc(NS(=O)(=O)c2ccc(OCC(=O)Nc3ccc4c(c3)OCO4)cc2)c1. The smallest absolute Gasteiger partial charge is 0.262 e. The predicted molar refractivity (Wildman–Crippen MR) is 115 cm³/mol. The van der Waals surface area contributed by atoms with E-state index in [1.807, 2.05) is 13.0 Å². The molecule has 0 atom stereocenters. The van der Waals surface area contributed by atoms with Crippen molar-refractivity contribution in [1.29, 1.82) is 0 Å². The van der Waals surface area contributed by atoms with Crippen molar-refractivity contribution in [2.45, 2.75) is 11.8 Å². The number of benzene rings is 3. The van der Waals surface area contributed by atoms with Gasteiger partial charge in [-0.15, -0.1) is 0 Å². The number of ether oxygens (including phenoxy) is 3. The second-order valence-electron chi connectivity index (χ2n) is 6.85. The monoisotopic (exact) mass is 440 g/mol. The standard InChI is InChI=1S/C22H20N2O6S/c1-15-3-2-4-17(11-15)24-31(26,27)19-8-6-18(7-9-19)28-13-22(25)23-16-5-10-20-21(12-16)30-14-29-20/h2-12,24H,13-14H2,1H3,(H,23,25). The highest BCUT2D eigenvalue weighted by molar-refractivity contribution is 7.92. The topological polar surface area (TPSA) is 103 Å². The van der Waals surface area contributed by atoms with Gasteiger partial charge >= 0.3 is 0 Å². The predicted octanol–water partition coefficient (Wildman–Crippen LogP) is 3.54. The van der Waals surface area contributed by atoms with Crippen molar-refractivity contribution in [3.8, 4) is 17.2 Å². The second-order valence-corrected chi connectivity index (χ2v) is 8.53. The molecule has 0 saturated carbocycles. The molecule has 0 fully saturated rings. The van der Waals surface area contributed by atoms with Gasteiger partial charge in [-0.3, -0.25) is 9.52 Å². The lowest BCUT2D eigenvalue weighted by Crippen LogP contribution is -2.20. The summed E-state index contributed by atoms with van der Waals surface area (Å²) in [6, 6.07) is 18.0. The number of hydrogen-bond acceptors (Lipinski definition) is 6. The Kier molecular flexibility index (Phi) is 5.68. The fourth-order valence-corrected chi connectivity index (χ4v) is 4.01. The minimum atomic E-state index is -3.73. The van der Waals surface area contributed by atoms with Crippen molar-refractivity contribution in [3.05, 3.63) is 72.3 Å². The van der Waals surface area contributed by atoms with Gasteiger partial charge in [-0.05, 0) is 61.0 Å². The van der Waals surface area contributed by atoms with Crippen LogP contribution >= 0.6 is 0 Å². The van der Waals surface area contributed by atoms with Gasteiger partial charge in [0, 0.05) is 17.4 Å². The molecule has 1 aliphatic rings. The lowest BCUT2D eigenvalue weighted by Gasteiger charge is -2.10. The molecule has 0 aromatic heterocycles. The van der Waals surface area contributed by atoms with E-state index in [2.05, 4.69) is 10.0 Å². The molecule has 3 aromatic carbocycles. The van der Waals surface area contributed by atoms with Crippen LogP contribution < -0.4 is 24.2 Å². The minimum Gasteiger partial charge on any atom is -0.484 e. The second kappa shape index (κ2) is 8.57. The van der Waals surface area contributed by atoms with E-state index in [4.69, 9.17) is 14.2 Å². The fourth-order valence-electron chi connectivity index (χ4n) is 2.96. The number of fused-ring (bicyclic) bond motifs is 1. The Morgan fingerprint density at radius 3 is 2.52 bits per heavy atom. The van der Waals surface area contributed by atoms with Crippen LogP contribution in [0.5, 0.6) is 17.2 Å². The van der Waals surface area contributed by atoms with Gasteiger partial charge in [-0.1, -0.05) is 12.1 Å². The van der Waals surface area contributed by atoms with Gasteiger partial charge in [-0.2, -0.15) is 0 Å². The van der Waals surface area contributed by atoms with Crippen molar-refractivity contribution in [2.24, 2.45) is 0 Å². The molecule has 8 nitrogen and oxygen atoms in total. The first-order valence-electron chi connectivity index (χ1n) is 9.41. The summed E-state index contributed by atoms with van der Waals surface area (Å²) in [5.74, 6) is 1.20. The van der Waals surface area contributed by atoms with Crippen LogP contribution in [0.1, 0.15) is 5.56 Å². The molecule has 0 aliphatic carbocycles. The van der Waals surface area contributed by atoms with Crippen LogP contribution in [0, 0.1) is 6.92 Å². The van der Waals surface area contributed by atoms with E-state index >= 15 is 0 Å². The molecule has 0 radical (unpaired) electrons. The first-order chi connectivity index (χ1) is 14.9. The number of anilines is 2. The van der Waals surface area contributed by atoms with Gasteiger partial charge in [0.15, 0.2) is 18.1 Å². The van der Waals surface area contributed by atoms with E-state index in [0.717, 1.165) is 5.56 Å². The average Bonchev–Trinajstić information content (AvgIpc) is 3.20. The van der Waals surface area contributed by atoms with E-state index in [9.17, 15) is 13.2 Å². The molecule has 1 heterocycles. The number of carbonyl (C=O) groups excluding carboxylic acids is 1. The van der Waals surface area contributed by atoms with Crippen molar-refractivity contribution >= 4 is 27.3 Å². The zero-order chi connectivity index (χ0) is 21.8. The number of nitrogens with one attached hydrogen (secondary N) is 2. The summed E-state index contributed by atoms with van der Waals surface area (Å²) < 4.78 is 43.6. The van der Waals surface area contributed by atoms with Gasteiger partial charge in [0.25, 0.3) is 15.9 Å². The fraction of sp³-hybridized carbons (Fsp3) is 0.136. The third-order valence-corrected chi connectivity index (χ3v) is 5.83. The Labute approximate surface area is 179 Å². The van der Waals surface area contributed by atoms with E-state index in [1.165, 1.54) is 24.3 Å². The van der Waals surface area contributed by atoms with E-state index < -0.39 is 10.0 Å². The maximum Gasteiger partial charge on any atom is 0.262 e. The maximum atomic E-state index is 12.5. The zero-order valence-corrected chi connectivity index (χ0v) is 17.4. The van der Waals surface area contributed by atoms with Gasteiger partial charge in [0.05, 0.1) is 4.90 Å². The van der Waals surface area contributed by atoms with Gasteiger partial charge in [0.2, 0.25) is 6.79 Å². The molecule has 31 heavy (non-hydrogen) atoms. The molecular formula is C22H20N2O6S. The Morgan fingerprint density at radius 1 is 0.968 bits per heavy atom. The van der Waals surface area contributed by atoms with Crippen LogP contribution in [-0.2, 0) is 14.8 Å². The van der Waals surface area contributed by atoms with Crippen LogP contribution in [-0.4, -0.2) is 27.7 Å². The number of rotatable bonds is 7. The highest BCUT2D eigenvalue weighted by atomic mass is 32.2. The Balaban J connectivity index is 1.33. The van der Waals surface area contributed by atoms with Gasteiger partial charge in [-0.25, -0.2) is 8.42 Å². The lowest BCUT2D eigenvalue weighted by atomic mass is 10.2. The van der Waals surface area contributed by atoms with Gasteiger partial charge < -0.3 is 19.5 Å². The first kappa shape index (κ1) is 20.5. The molecule has 160 valence electrons. The van der Waals surface area contributed by atoms with Crippen molar-refractivity contribution < 1.29 is 27.4 Å². The Bertz CT molecular complexity index is 1210. The summed E-state index contributed by atoms with van der Waals surface area (Å²) in [6.07, 6.45) is 0. The Morgan fingerprint density at radius 2 is 1.74 bits per heavy atom. The van der Waals surface area contributed by atoms with Crippen molar-refractivity contribution in [2.75, 3.05) is 23.4 Å². The minimum absolute atomic E-state index is 0.0890. The molecule has 3 aromatic rings. The van der Waals surface area contributed by atoms with Crippen LogP contribution in [0.4, 0.5) is 11.4 Å². The summed E-state index contributed by atoms with van der Waals surface area (Å²) in [6.45, 7) is 1.80. The van der Waals surface area contributed by atoms with E-state index in [1.54, 1.807) is 36.4 Å². The lowest BCUT2D eigenvalue weighted by molar-refractivity contribution is -0.118. The number of amides is 1. The van der Waals surface area contributed by atoms with Crippen molar-refractivity contribution in [1.82, 2.24) is 0 Å². The highest BCUT2D eigenvalue weighted by Crippen LogP contribution is 2.34. The Hall–Kier alpha value is -3.72. The first-order valence-corrected chi connectivity index (χ1v) is 10.9. The highest BCUT2D eigenvalue weighted by Gasteiger charge is 2.16. The summed E-state index contributed by atoms with van der Waals surface area (Å²) in [7, 11) is -3.73. The van der Waals surface area contributed by atoms with Crippen molar-refractivity contribution in [3.63, 3.8) is 0 Å². The number of sulfonamides is 1.